The molecule has 0 aliphatic heterocycles. The molecule has 2 N–H and O–H groups in total. The van der Waals surface area contributed by atoms with Crippen molar-refractivity contribution < 1.29 is 5.11 Å². The molecule has 0 aliphatic rings. The first-order valence-electron chi connectivity index (χ1n) is 4.49. The molecule has 0 aromatic rings. The van der Waals surface area contributed by atoms with E-state index < -0.39 is 5.60 Å². The standard InChI is InChI=1S/C9H22N2O/c1-9(2,12)8-10-6-5-7-11(3)4/h10,12H,5-8H2,1-4H3. The second-order valence-electron chi connectivity index (χ2n) is 4.15. The Balaban J connectivity index is 3.12. The molecule has 3 nitrogen and oxygen atoms in total. The van der Waals surface area contributed by atoms with Gasteiger partial charge in [-0.2, -0.15) is 0 Å². The summed E-state index contributed by atoms with van der Waals surface area (Å²) in [5.74, 6) is 0. The lowest BCUT2D eigenvalue weighted by Gasteiger charge is -2.18. The third-order valence-electron chi connectivity index (χ3n) is 1.52. The van der Waals surface area contributed by atoms with Crippen LogP contribution in [0.3, 0.4) is 0 Å². The van der Waals surface area contributed by atoms with Gasteiger partial charge < -0.3 is 15.3 Å². The van der Waals surface area contributed by atoms with Gasteiger partial charge in [-0.25, -0.2) is 0 Å². The SMILES string of the molecule is CN(C)CCCNCC(C)(C)O. The fourth-order valence-corrected chi connectivity index (χ4v) is 0.915. The molecular weight excluding hydrogens is 152 g/mol. The minimum Gasteiger partial charge on any atom is -0.389 e. The monoisotopic (exact) mass is 174 g/mol. The maximum absolute atomic E-state index is 9.35. The van der Waals surface area contributed by atoms with Crippen LogP contribution in [0.1, 0.15) is 20.3 Å². The van der Waals surface area contributed by atoms with Crippen LogP contribution in [0, 0.1) is 0 Å². The molecule has 3 heteroatoms. The molecule has 12 heavy (non-hydrogen) atoms. The first-order valence-corrected chi connectivity index (χ1v) is 4.49. The Labute approximate surface area is 75.8 Å². The summed E-state index contributed by atoms with van der Waals surface area (Å²) >= 11 is 0. The van der Waals surface area contributed by atoms with Crippen molar-refractivity contribution in [2.75, 3.05) is 33.7 Å². The fourth-order valence-electron chi connectivity index (χ4n) is 0.915. The predicted molar refractivity (Wildman–Crippen MR) is 52.3 cm³/mol. The highest BCUT2D eigenvalue weighted by molar-refractivity contribution is 4.68. The van der Waals surface area contributed by atoms with E-state index in [4.69, 9.17) is 0 Å². The predicted octanol–water partition coefficient (Wildman–Crippen LogP) is 0.299. The van der Waals surface area contributed by atoms with Crippen LogP contribution in [-0.4, -0.2) is 49.3 Å². The largest absolute Gasteiger partial charge is 0.389 e. The Morgan fingerprint density at radius 1 is 1.33 bits per heavy atom. The van der Waals surface area contributed by atoms with Gasteiger partial charge in [-0.05, 0) is 47.5 Å². The van der Waals surface area contributed by atoms with Gasteiger partial charge in [-0.15, -0.1) is 0 Å². The Kier molecular flexibility index (Phi) is 5.46. The van der Waals surface area contributed by atoms with Crippen LogP contribution in [0.2, 0.25) is 0 Å². The van der Waals surface area contributed by atoms with Crippen molar-refractivity contribution >= 4 is 0 Å². The fraction of sp³-hybridized carbons (Fsp3) is 1.00. The van der Waals surface area contributed by atoms with Crippen molar-refractivity contribution in [2.45, 2.75) is 25.9 Å². The lowest BCUT2D eigenvalue weighted by atomic mass is 10.1. The lowest BCUT2D eigenvalue weighted by molar-refractivity contribution is 0.0798. The van der Waals surface area contributed by atoms with E-state index in [1.165, 1.54) is 0 Å². The van der Waals surface area contributed by atoms with Crippen LogP contribution in [0.4, 0.5) is 0 Å². The molecule has 0 radical (unpaired) electrons. The minimum absolute atomic E-state index is 0.585. The summed E-state index contributed by atoms with van der Waals surface area (Å²) in [4.78, 5) is 2.16. The first kappa shape index (κ1) is 11.9. The molecule has 0 fully saturated rings. The molecule has 0 spiro atoms. The molecule has 0 aromatic heterocycles. The molecule has 0 bridgehead atoms. The molecular formula is C9H22N2O. The summed E-state index contributed by atoms with van der Waals surface area (Å²) in [6.45, 7) is 6.36. The van der Waals surface area contributed by atoms with Gasteiger partial charge in [0.25, 0.3) is 0 Å². The zero-order chi connectivity index (χ0) is 9.61. The summed E-state index contributed by atoms with van der Waals surface area (Å²) in [7, 11) is 4.13. The van der Waals surface area contributed by atoms with Gasteiger partial charge in [-0.1, -0.05) is 0 Å². The number of hydrogen-bond donors (Lipinski definition) is 2. The molecule has 0 rings (SSSR count). The van der Waals surface area contributed by atoms with Gasteiger partial charge in [0, 0.05) is 6.54 Å². The van der Waals surface area contributed by atoms with E-state index in [0.29, 0.717) is 6.54 Å². The molecule has 0 amide bonds. The Hall–Kier alpha value is -0.120. The smallest absolute Gasteiger partial charge is 0.0715 e. The normalized spacial score (nSPS) is 12.5. The highest BCUT2D eigenvalue weighted by Gasteiger charge is 2.10. The van der Waals surface area contributed by atoms with Crippen molar-refractivity contribution in [3.63, 3.8) is 0 Å². The summed E-state index contributed by atoms with van der Waals surface area (Å²) in [6, 6.07) is 0. The lowest BCUT2D eigenvalue weighted by Crippen LogP contribution is -2.35. The van der Waals surface area contributed by atoms with E-state index in [-0.39, 0.29) is 0 Å². The molecule has 0 aromatic carbocycles. The first-order chi connectivity index (χ1) is 5.42. The highest BCUT2D eigenvalue weighted by Crippen LogP contribution is 1.96. The van der Waals surface area contributed by atoms with Crippen LogP contribution in [0.25, 0.3) is 0 Å². The highest BCUT2D eigenvalue weighted by atomic mass is 16.3. The molecule has 74 valence electrons. The number of aliphatic hydroxyl groups is 1. The molecule has 0 saturated carbocycles. The van der Waals surface area contributed by atoms with E-state index in [1.807, 2.05) is 13.8 Å². The maximum Gasteiger partial charge on any atom is 0.0715 e. The van der Waals surface area contributed by atoms with E-state index in [1.54, 1.807) is 0 Å². The quantitative estimate of drug-likeness (QED) is 0.568. The van der Waals surface area contributed by atoms with Gasteiger partial charge in [0.15, 0.2) is 0 Å². The van der Waals surface area contributed by atoms with Gasteiger partial charge in [-0.3, -0.25) is 0 Å². The van der Waals surface area contributed by atoms with Crippen LogP contribution >= 0.6 is 0 Å². The van der Waals surface area contributed by atoms with Crippen molar-refractivity contribution in [3.8, 4) is 0 Å². The van der Waals surface area contributed by atoms with Crippen molar-refractivity contribution in [2.24, 2.45) is 0 Å². The summed E-state index contributed by atoms with van der Waals surface area (Å²) in [6.07, 6.45) is 1.13. The van der Waals surface area contributed by atoms with E-state index in [0.717, 1.165) is 19.5 Å². The summed E-state index contributed by atoms with van der Waals surface area (Å²) < 4.78 is 0. The van der Waals surface area contributed by atoms with Crippen molar-refractivity contribution in [1.82, 2.24) is 10.2 Å². The Morgan fingerprint density at radius 3 is 2.33 bits per heavy atom. The van der Waals surface area contributed by atoms with Gasteiger partial charge in [0.2, 0.25) is 0 Å². The van der Waals surface area contributed by atoms with Crippen LogP contribution < -0.4 is 5.32 Å². The van der Waals surface area contributed by atoms with Gasteiger partial charge in [0.1, 0.15) is 0 Å². The van der Waals surface area contributed by atoms with E-state index >= 15 is 0 Å². The minimum atomic E-state index is -0.585. The van der Waals surface area contributed by atoms with Crippen molar-refractivity contribution in [1.29, 1.82) is 0 Å². The number of hydrogen-bond acceptors (Lipinski definition) is 3. The van der Waals surface area contributed by atoms with Crippen molar-refractivity contribution in [3.05, 3.63) is 0 Å². The third-order valence-corrected chi connectivity index (χ3v) is 1.52. The number of nitrogens with one attached hydrogen (secondary N) is 1. The molecule has 0 heterocycles. The van der Waals surface area contributed by atoms with Gasteiger partial charge >= 0.3 is 0 Å². The average molecular weight is 174 g/mol. The third kappa shape index (κ3) is 9.88. The summed E-state index contributed by atoms with van der Waals surface area (Å²) in [5, 5.41) is 12.6. The molecule has 0 unspecified atom stereocenters. The van der Waals surface area contributed by atoms with Gasteiger partial charge in [0.05, 0.1) is 5.60 Å². The zero-order valence-corrected chi connectivity index (χ0v) is 8.72. The molecule has 0 atom stereocenters. The van der Waals surface area contributed by atoms with Crippen LogP contribution in [0.15, 0.2) is 0 Å². The second kappa shape index (κ2) is 5.51. The number of nitrogens with zero attached hydrogens (tertiary/aromatic N) is 1. The maximum atomic E-state index is 9.35. The zero-order valence-electron chi connectivity index (χ0n) is 8.72. The van der Waals surface area contributed by atoms with E-state index in [9.17, 15) is 5.11 Å². The summed E-state index contributed by atoms with van der Waals surface area (Å²) in [5.41, 5.74) is -0.585. The Bertz CT molecular complexity index is 108. The van der Waals surface area contributed by atoms with Crippen LogP contribution in [-0.2, 0) is 0 Å². The topological polar surface area (TPSA) is 35.5 Å². The molecule has 0 aliphatic carbocycles. The Morgan fingerprint density at radius 2 is 1.92 bits per heavy atom. The van der Waals surface area contributed by atoms with Crippen LogP contribution in [0.5, 0.6) is 0 Å². The number of rotatable bonds is 6. The van der Waals surface area contributed by atoms with E-state index in [2.05, 4.69) is 24.3 Å². The molecule has 0 saturated heterocycles. The average Bonchev–Trinajstić information content (AvgIpc) is 1.83. The second-order valence-corrected chi connectivity index (χ2v) is 4.15.